The fraction of sp³-hybridized carbons (Fsp3) is 0.269. The molecule has 0 saturated heterocycles. The average molecular weight is 607 g/mol. The standard InChI is InChI=1S/C25H29N4.CN.Pt/c1-17-10-18(2)25(19(3)11-17)22-12-23(28-9-8-26(6)15-28)14-24(13-22)29-16-27(7)20(4)21(29)5;1-2;/h8-13,15-16H,1-7H3;;/q-3;-1;+4. The molecule has 2 heterocycles. The zero-order chi connectivity index (χ0) is 22.9. The first-order valence-corrected chi connectivity index (χ1v) is 10.2. The number of anilines is 2. The van der Waals surface area contributed by atoms with Crippen molar-refractivity contribution in [2.45, 2.75) is 34.6 Å². The first-order valence-electron chi connectivity index (χ1n) is 10.2. The molecule has 0 unspecified atom stereocenters. The van der Waals surface area contributed by atoms with Crippen LogP contribution < -0.4 is 9.80 Å². The molecule has 0 N–H and O–H groups in total. The number of nitrogens with zero attached hydrogens (tertiary/aromatic N) is 5. The minimum Gasteiger partial charge on any atom is -0.512 e. The molecule has 2 aliphatic heterocycles. The topological polar surface area (TPSA) is 36.8 Å². The Bertz CT molecular complexity index is 1050. The number of hydrogen-bond acceptors (Lipinski definition) is 5. The van der Waals surface area contributed by atoms with Crippen molar-refractivity contribution >= 4 is 11.4 Å². The Labute approximate surface area is 207 Å². The van der Waals surface area contributed by atoms with E-state index in [4.69, 9.17) is 11.8 Å². The SMILES string of the molecule is CC1=C(C)N(c2[c-]c(N3C=CN(C)[CH-]3)cc(-c3c(C)cc(C)cc3C)c2)[CH-]N1C.[C-]#N.[Pt+4]. The molecule has 0 saturated carbocycles. The summed E-state index contributed by atoms with van der Waals surface area (Å²) in [7, 11) is 4.12. The molecule has 0 bridgehead atoms. The molecule has 0 amide bonds. The van der Waals surface area contributed by atoms with Gasteiger partial charge in [0.15, 0.2) is 0 Å². The van der Waals surface area contributed by atoms with Gasteiger partial charge in [-0.1, -0.05) is 17.7 Å². The summed E-state index contributed by atoms with van der Waals surface area (Å²) < 4.78 is 0. The van der Waals surface area contributed by atoms with Crippen LogP contribution in [0.15, 0.2) is 48.1 Å². The molecule has 168 valence electrons. The zero-order valence-electron chi connectivity index (χ0n) is 19.7. The maximum absolute atomic E-state index is 6.25. The van der Waals surface area contributed by atoms with Crippen LogP contribution in [0.3, 0.4) is 0 Å². The van der Waals surface area contributed by atoms with Crippen molar-refractivity contribution in [3.05, 3.63) is 90.7 Å². The van der Waals surface area contributed by atoms with Gasteiger partial charge in [-0.25, -0.2) is 0 Å². The van der Waals surface area contributed by atoms with Gasteiger partial charge in [0.05, 0.1) is 0 Å². The van der Waals surface area contributed by atoms with Crippen LogP contribution in [-0.4, -0.2) is 23.9 Å². The van der Waals surface area contributed by atoms with Gasteiger partial charge >= 0.3 is 21.1 Å². The maximum Gasteiger partial charge on any atom is 4.00 e. The first-order chi connectivity index (χ1) is 14.7. The fourth-order valence-corrected chi connectivity index (χ4v) is 4.20. The van der Waals surface area contributed by atoms with Crippen molar-refractivity contribution < 1.29 is 21.1 Å². The quantitative estimate of drug-likeness (QED) is 0.423. The molecule has 0 aliphatic carbocycles. The van der Waals surface area contributed by atoms with E-state index in [2.05, 4.69) is 106 Å². The van der Waals surface area contributed by atoms with Crippen LogP contribution in [0.1, 0.15) is 30.5 Å². The van der Waals surface area contributed by atoms with Gasteiger partial charge in [-0.05, 0) is 83.5 Å². The second kappa shape index (κ2) is 10.3. The molecule has 2 aromatic carbocycles. The van der Waals surface area contributed by atoms with E-state index in [9.17, 15) is 0 Å². The van der Waals surface area contributed by atoms with E-state index in [1.54, 1.807) is 0 Å². The van der Waals surface area contributed by atoms with Crippen molar-refractivity contribution in [2.24, 2.45) is 0 Å². The van der Waals surface area contributed by atoms with E-state index in [-0.39, 0.29) is 21.1 Å². The van der Waals surface area contributed by atoms with Crippen molar-refractivity contribution in [1.29, 1.82) is 5.26 Å². The van der Waals surface area contributed by atoms with Crippen molar-refractivity contribution in [1.82, 2.24) is 9.80 Å². The number of aryl methyl sites for hydroxylation is 3. The summed E-state index contributed by atoms with van der Waals surface area (Å²) in [6, 6.07) is 12.6. The summed E-state index contributed by atoms with van der Waals surface area (Å²) in [6.45, 7) is 19.8. The van der Waals surface area contributed by atoms with Gasteiger partial charge < -0.3 is 31.4 Å². The largest absolute Gasteiger partial charge is 4.00 e. The van der Waals surface area contributed by atoms with Crippen LogP contribution in [-0.2, 0) is 21.1 Å². The fourth-order valence-electron chi connectivity index (χ4n) is 4.20. The minimum atomic E-state index is 0. The van der Waals surface area contributed by atoms with Gasteiger partial charge in [-0.15, -0.1) is 35.1 Å². The van der Waals surface area contributed by atoms with E-state index in [1.807, 2.05) is 18.1 Å². The smallest absolute Gasteiger partial charge is 0.512 e. The summed E-state index contributed by atoms with van der Waals surface area (Å²) in [5.41, 5.74) is 11.0. The molecule has 0 fully saturated rings. The molecule has 5 nitrogen and oxygen atoms in total. The predicted molar refractivity (Wildman–Crippen MR) is 126 cm³/mol. The molecule has 4 rings (SSSR count). The number of benzene rings is 2. The molecule has 2 aromatic rings. The molecule has 6 heteroatoms. The molecule has 0 aromatic heterocycles. The predicted octanol–water partition coefficient (Wildman–Crippen LogP) is 5.64. The molecule has 0 radical (unpaired) electrons. The summed E-state index contributed by atoms with van der Waals surface area (Å²) in [6.07, 6.45) is 4.12. The number of hydrogen-bond donors (Lipinski definition) is 0. The van der Waals surface area contributed by atoms with Gasteiger partial charge in [0.25, 0.3) is 0 Å². The Morgan fingerprint density at radius 3 is 1.91 bits per heavy atom. The van der Waals surface area contributed by atoms with Crippen LogP contribution >= 0.6 is 0 Å². The normalized spacial score (nSPS) is 15.2. The van der Waals surface area contributed by atoms with Gasteiger partial charge in [0, 0.05) is 5.70 Å². The molecule has 2 aliphatic rings. The van der Waals surface area contributed by atoms with Crippen LogP contribution in [0, 0.1) is 52.0 Å². The Morgan fingerprint density at radius 2 is 1.41 bits per heavy atom. The molecule has 0 spiro atoms. The second-order valence-corrected chi connectivity index (χ2v) is 8.17. The van der Waals surface area contributed by atoms with Crippen molar-refractivity contribution in [3.8, 4) is 11.1 Å². The number of rotatable bonds is 3. The monoisotopic (exact) mass is 606 g/mol. The van der Waals surface area contributed by atoms with Gasteiger partial charge in [-0.3, -0.25) is 0 Å². The van der Waals surface area contributed by atoms with E-state index in [0.717, 1.165) is 11.4 Å². The summed E-state index contributed by atoms with van der Waals surface area (Å²) in [5, 5.41) is 6.25. The van der Waals surface area contributed by atoms with Crippen molar-refractivity contribution in [3.63, 3.8) is 0 Å². The summed E-state index contributed by atoms with van der Waals surface area (Å²) in [5.74, 6) is 0. The third-order valence-electron chi connectivity index (χ3n) is 5.82. The Kier molecular flexibility index (Phi) is 8.21. The maximum atomic E-state index is 6.25. The third kappa shape index (κ3) is 4.86. The van der Waals surface area contributed by atoms with E-state index in [1.165, 1.54) is 39.2 Å². The summed E-state index contributed by atoms with van der Waals surface area (Å²) in [4.78, 5) is 8.56. The Hall–Kier alpha value is -2.70. The van der Waals surface area contributed by atoms with Crippen LogP contribution in [0.4, 0.5) is 11.4 Å². The van der Waals surface area contributed by atoms with Crippen LogP contribution in [0.5, 0.6) is 0 Å². The molecule has 32 heavy (non-hydrogen) atoms. The average Bonchev–Trinajstić information content (AvgIpc) is 3.27. The van der Waals surface area contributed by atoms with E-state index >= 15 is 0 Å². The second-order valence-electron chi connectivity index (χ2n) is 8.17. The molecule has 0 atom stereocenters. The van der Waals surface area contributed by atoms with Gasteiger partial charge in [0.1, 0.15) is 0 Å². The zero-order valence-corrected chi connectivity index (χ0v) is 21.9. The Balaban J connectivity index is 0.00000118. The molecular weight excluding hydrogens is 577 g/mol. The van der Waals surface area contributed by atoms with E-state index in [0.29, 0.717) is 0 Å². The Morgan fingerprint density at radius 1 is 0.812 bits per heavy atom. The summed E-state index contributed by atoms with van der Waals surface area (Å²) >= 11 is 0. The minimum absolute atomic E-state index is 0. The van der Waals surface area contributed by atoms with Crippen LogP contribution in [0.25, 0.3) is 11.1 Å². The van der Waals surface area contributed by atoms with Gasteiger partial charge in [-0.2, -0.15) is 13.3 Å². The first kappa shape index (κ1) is 25.6. The molecular formula is C26H29N5Pt. The van der Waals surface area contributed by atoms with Gasteiger partial charge in [0.2, 0.25) is 0 Å². The number of allylic oxidation sites excluding steroid dienone is 2. The van der Waals surface area contributed by atoms with Crippen LogP contribution in [0.2, 0.25) is 0 Å². The van der Waals surface area contributed by atoms with Crippen molar-refractivity contribution in [2.75, 3.05) is 23.9 Å². The third-order valence-corrected chi connectivity index (χ3v) is 5.82. The van der Waals surface area contributed by atoms with E-state index < -0.39 is 0 Å².